The number of rotatable bonds is 2. The van der Waals surface area contributed by atoms with Gasteiger partial charge >= 0.3 is 0 Å². The van der Waals surface area contributed by atoms with Gasteiger partial charge in [0, 0.05) is 23.4 Å². The smallest absolute Gasteiger partial charge is 0.275 e. The molecule has 5 nitrogen and oxygen atoms in total. The van der Waals surface area contributed by atoms with Gasteiger partial charge in [0.1, 0.15) is 6.54 Å². The maximum atomic E-state index is 12.5. The van der Waals surface area contributed by atoms with Crippen LogP contribution in [0.2, 0.25) is 0 Å². The molecule has 0 fully saturated rings. The Bertz CT molecular complexity index is 944. The molecule has 0 unspecified atom stereocenters. The van der Waals surface area contributed by atoms with Crippen molar-refractivity contribution in [3.63, 3.8) is 0 Å². The second-order valence-corrected chi connectivity index (χ2v) is 6.63. The zero-order chi connectivity index (χ0) is 15.8. The van der Waals surface area contributed by atoms with Crippen LogP contribution < -0.4 is 5.56 Å². The van der Waals surface area contributed by atoms with Crippen molar-refractivity contribution in [2.24, 2.45) is 0 Å². The van der Waals surface area contributed by atoms with Gasteiger partial charge in [-0.15, -0.1) is 11.3 Å². The lowest BCUT2D eigenvalue weighted by Crippen LogP contribution is -2.39. The monoisotopic (exact) mass is 325 g/mol. The quantitative estimate of drug-likeness (QED) is 0.724. The topological polar surface area (TPSA) is 55.2 Å². The molecule has 6 heteroatoms. The molecule has 0 spiro atoms. The molecule has 116 valence electrons. The highest BCUT2D eigenvalue weighted by Crippen LogP contribution is 2.24. The molecule has 3 heterocycles. The van der Waals surface area contributed by atoms with E-state index in [9.17, 15) is 9.59 Å². The van der Waals surface area contributed by atoms with Crippen molar-refractivity contribution in [1.29, 1.82) is 0 Å². The first-order valence-corrected chi connectivity index (χ1v) is 8.38. The Balaban J connectivity index is 1.58. The fraction of sp³-hybridized carbons (Fsp3) is 0.235. The highest BCUT2D eigenvalue weighted by molar-refractivity contribution is 7.10. The predicted octanol–water partition coefficient (Wildman–Crippen LogP) is 2.04. The molecular formula is C17H15N3O2S. The number of hydrogen-bond donors (Lipinski definition) is 0. The highest BCUT2D eigenvalue weighted by Gasteiger charge is 2.22. The van der Waals surface area contributed by atoms with Crippen LogP contribution in [0.4, 0.5) is 0 Å². The van der Waals surface area contributed by atoms with Gasteiger partial charge in [-0.2, -0.15) is 5.10 Å². The molecule has 0 bridgehead atoms. The number of hydrogen-bond acceptors (Lipinski definition) is 4. The first kappa shape index (κ1) is 14.1. The van der Waals surface area contributed by atoms with Crippen LogP contribution in [-0.4, -0.2) is 27.1 Å². The molecule has 1 amide bonds. The number of aromatic nitrogens is 2. The van der Waals surface area contributed by atoms with E-state index in [0.29, 0.717) is 18.5 Å². The number of amides is 1. The molecule has 3 aromatic rings. The SMILES string of the molecule is O=C(Cn1ncc2ccccc2c1=O)N1CCc2sccc2C1. The highest BCUT2D eigenvalue weighted by atomic mass is 32.1. The Hall–Kier alpha value is -2.47. The summed E-state index contributed by atoms with van der Waals surface area (Å²) in [6, 6.07) is 9.36. The van der Waals surface area contributed by atoms with Crippen molar-refractivity contribution in [3.05, 3.63) is 62.7 Å². The Labute approximate surface area is 136 Å². The summed E-state index contributed by atoms with van der Waals surface area (Å²) in [4.78, 5) is 28.1. The number of benzene rings is 1. The van der Waals surface area contributed by atoms with Gasteiger partial charge in [0.2, 0.25) is 5.91 Å². The van der Waals surface area contributed by atoms with E-state index in [1.165, 1.54) is 15.1 Å². The third-order valence-electron chi connectivity index (χ3n) is 4.21. The maximum Gasteiger partial charge on any atom is 0.275 e. The van der Waals surface area contributed by atoms with Crippen LogP contribution >= 0.6 is 11.3 Å². The number of carbonyl (C=O) groups excluding carboxylic acids is 1. The maximum absolute atomic E-state index is 12.5. The van der Waals surface area contributed by atoms with Crippen molar-refractivity contribution in [3.8, 4) is 0 Å². The van der Waals surface area contributed by atoms with E-state index in [1.54, 1.807) is 28.5 Å². The van der Waals surface area contributed by atoms with Crippen LogP contribution in [0.1, 0.15) is 10.4 Å². The van der Waals surface area contributed by atoms with Crippen molar-refractivity contribution < 1.29 is 4.79 Å². The van der Waals surface area contributed by atoms with Crippen LogP contribution in [0, 0.1) is 0 Å². The van der Waals surface area contributed by atoms with Gasteiger partial charge in [0.15, 0.2) is 0 Å². The second-order valence-electron chi connectivity index (χ2n) is 5.63. The lowest BCUT2D eigenvalue weighted by molar-refractivity contribution is -0.133. The van der Waals surface area contributed by atoms with Gasteiger partial charge in [-0.3, -0.25) is 9.59 Å². The third-order valence-corrected chi connectivity index (χ3v) is 5.23. The van der Waals surface area contributed by atoms with E-state index >= 15 is 0 Å². The summed E-state index contributed by atoms with van der Waals surface area (Å²) in [7, 11) is 0. The lowest BCUT2D eigenvalue weighted by Gasteiger charge is -2.27. The van der Waals surface area contributed by atoms with Crippen molar-refractivity contribution in [2.75, 3.05) is 6.54 Å². The summed E-state index contributed by atoms with van der Waals surface area (Å²) >= 11 is 1.74. The second kappa shape index (κ2) is 5.62. The van der Waals surface area contributed by atoms with E-state index in [4.69, 9.17) is 0 Å². The van der Waals surface area contributed by atoms with Crippen LogP contribution in [0.15, 0.2) is 46.7 Å². The summed E-state index contributed by atoms with van der Waals surface area (Å²) in [5.41, 5.74) is 0.998. The van der Waals surface area contributed by atoms with E-state index in [-0.39, 0.29) is 18.0 Å². The van der Waals surface area contributed by atoms with Gasteiger partial charge in [0.25, 0.3) is 5.56 Å². The molecule has 0 atom stereocenters. The number of thiophene rings is 1. The Kier molecular flexibility index (Phi) is 3.46. The molecule has 0 aliphatic carbocycles. The van der Waals surface area contributed by atoms with Crippen LogP contribution in [-0.2, 0) is 24.3 Å². The summed E-state index contributed by atoms with van der Waals surface area (Å²) in [6.07, 6.45) is 2.52. The molecule has 0 saturated heterocycles. The molecular weight excluding hydrogens is 310 g/mol. The fourth-order valence-electron chi connectivity index (χ4n) is 2.93. The summed E-state index contributed by atoms with van der Waals surface area (Å²) in [5.74, 6) is -0.0632. The average molecular weight is 325 g/mol. The zero-order valence-electron chi connectivity index (χ0n) is 12.4. The normalized spacial score (nSPS) is 14.0. The number of fused-ring (bicyclic) bond motifs is 2. The van der Waals surface area contributed by atoms with Crippen LogP contribution in [0.5, 0.6) is 0 Å². The molecule has 4 rings (SSSR count). The lowest BCUT2D eigenvalue weighted by atomic mass is 10.1. The summed E-state index contributed by atoms with van der Waals surface area (Å²) < 4.78 is 1.26. The van der Waals surface area contributed by atoms with Gasteiger partial charge in [-0.1, -0.05) is 18.2 Å². The standard InChI is InChI=1S/C17H15N3O2S/c21-16(19-7-5-15-13(10-19)6-8-23-15)11-20-17(22)14-4-2-1-3-12(14)9-18-20/h1-4,6,8-9H,5,7,10-11H2. The Morgan fingerprint density at radius 2 is 2.13 bits per heavy atom. The van der Waals surface area contributed by atoms with E-state index in [0.717, 1.165) is 11.8 Å². The average Bonchev–Trinajstić information content (AvgIpc) is 3.05. The van der Waals surface area contributed by atoms with E-state index in [2.05, 4.69) is 16.5 Å². The van der Waals surface area contributed by atoms with Crippen molar-refractivity contribution in [2.45, 2.75) is 19.5 Å². The molecule has 1 aliphatic heterocycles. The molecule has 1 aliphatic rings. The first-order valence-electron chi connectivity index (χ1n) is 7.50. The summed E-state index contributed by atoms with van der Waals surface area (Å²) in [6.45, 7) is 1.32. The number of carbonyl (C=O) groups is 1. The number of nitrogens with zero attached hydrogens (tertiary/aromatic N) is 3. The van der Waals surface area contributed by atoms with Crippen molar-refractivity contribution >= 4 is 28.0 Å². The van der Waals surface area contributed by atoms with Crippen LogP contribution in [0.3, 0.4) is 0 Å². The first-order chi connectivity index (χ1) is 11.2. The minimum atomic E-state index is -0.218. The molecule has 23 heavy (non-hydrogen) atoms. The Morgan fingerprint density at radius 3 is 3.04 bits per heavy atom. The van der Waals surface area contributed by atoms with E-state index < -0.39 is 0 Å². The van der Waals surface area contributed by atoms with E-state index in [1.807, 2.05) is 18.2 Å². The molecule has 2 aromatic heterocycles. The molecule has 0 radical (unpaired) electrons. The molecule has 0 N–H and O–H groups in total. The molecule has 1 aromatic carbocycles. The van der Waals surface area contributed by atoms with Crippen LogP contribution in [0.25, 0.3) is 10.8 Å². The summed E-state index contributed by atoms with van der Waals surface area (Å²) in [5, 5.41) is 7.58. The molecule has 0 saturated carbocycles. The predicted molar refractivity (Wildman–Crippen MR) is 89.4 cm³/mol. The van der Waals surface area contributed by atoms with Gasteiger partial charge < -0.3 is 4.90 Å². The third kappa shape index (κ3) is 2.55. The van der Waals surface area contributed by atoms with Gasteiger partial charge in [-0.25, -0.2) is 4.68 Å². The van der Waals surface area contributed by atoms with Gasteiger partial charge in [-0.05, 0) is 29.5 Å². The zero-order valence-corrected chi connectivity index (χ0v) is 13.3. The minimum absolute atomic E-state index is 0.0108. The largest absolute Gasteiger partial charge is 0.336 e. The van der Waals surface area contributed by atoms with Gasteiger partial charge in [0.05, 0.1) is 11.6 Å². The fourth-order valence-corrected chi connectivity index (χ4v) is 3.82. The minimum Gasteiger partial charge on any atom is -0.336 e. The van der Waals surface area contributed by atoms with Crippen molar-refractivity contribution in [1.82, 2.24) is 14.7 Å². The Morgan fingerprint density at radius 1 is 1.26 bits per heavy atom.